The molecule has 0 atom stereocenters. The van der Waals surface area contributed by atoms with E-state index in [-0.39, 0.29) is 0 Å². The third-order valence-electron chi connectivity index (χ3n) is 2.36. The average Bonchev–Trinajstić information content (AvgIpc) is 2.27. The Labute approximate surface area is 96.6 Å². The molecule has 2 nitrogen and oxygen atoms in total. The first-order valence-corrected chi connectivity index (χ1v) is 5.41. The normalized spacial score (nSPS) is 10.2. The monoisotopic (exact) mass is 223 g/mol. The van der Waals surface area contributed by atoms with Crippen LogP contribution in [0, 0.1) is 0 Å². The average molecular weight is 223 g/mol. The predicted octanol–water partition coefficient (Wildman–Crippen LogP) is 2.71. The fourth-order valence-corrected chi connectivity index (χ4v) is 1.56. The molecule has 0 amide bonds. The van der Waals surface area contributed by atoms with Crippen LogP contribution >= 0.6 is 12.2 Å². The highest BCUT2D eigenvalue weighted by Gasteiger charge is 2.09. The fraction of sp³-hybridized carbons (Fsp3) is 0.417. The van der Waals surface area contributed by atoms with Crippen molar-refractivity contribution in [3.63, 3.8) is 0 Å². The quantitative estimate of drug-likeness (QED) is 0.796. The van der Waals surface area contributed by atoms with Crippen LogP contribution in [0.15, 0.2) is 18.2 Å². The summed E-state index contributed by atoms with van der Waals surface area (Å²) >= 11 is 5.19. The number of nitrogens with one attached hydrogen (secondary N) is 1. The van der Waals surface area contributed by atoms with E-state index in [0.717, 1.165) is 11.3 Å². The number of benzene rings is 1. The summed E-state index contributed by atoms with van der Waals surface area (Å²) in [5, 5.41) is 2.96. The standard InChI is InChI=1S/C12H17NOS/c1-8(2)9-5-6-10(12(15)13-3)11(7-9)14-4/h5-8H,1-4H3,(H,13,15). The van der Waals surface area contributed by atoms with Gasteiger partial charge < -0.3 is 10.1 Å². The Morgan fingerprint density at radius 2 is 2.07 bits per heavy atom. The van der Waals surface area contributed by atoms with Gasteiger partial charge in [0.15, 0.2) is 0 Å². The highest BCUT2D eigenvalue weighted by Crippen LogP contribution is 2.24. The molecule has 0 aromatic heterocycles. The number of rotatable bonds is 3. The van der Waals surface area contributed by atoms with Gasteiger partial charge in [-0.1, -0.05) is 32.1 Å². The Hall–Kier alpha value is -1.09. The van der Waals surface area contributed by atoms with Gasteiger partial charge in [-0.3, -0.25) is 0 Å². The summed E-state index contributed by atoms with van der Waals surface area (Å²) in [5.41, 5.74) is 2.20. The summed E-state index contributed by atoms with van der Waals surface area (Å²) < 4.78 is 5.33. The first-order chi connectivity index (χ1) is 7.10. The maximum absolute atomic E-state index is 5.33. The van der Waals surface area contributed by atoms with Crippen molar-refractivity contribution in [3.05, 3.63) is 29.3 Å². The van der Waals surface area contributed by atoms with Gasteiger partial charge in [0, 0.05) is 7.05 Å². The minimum atomic E-state index is 0.496. The van der Waals surface area contributed by atoms with E-state index in [1.54, 1.807) is 7.11 Å². The molecule has 0 aliphatic carbocycles. The van der Waals surface area contributed by atoms with E-state index in [1.807, 2.05) is 19.2 Å². The van der Waals surface area contributed by atoms with Crippen molar-refractivity contribution in [1.82, 2.24) is 5.32 Å². The second kappa shape index (κ2) is 5.12. The molecule has 1 aromatic carbocycles. The third kappa shape index (κ3) is 2.69. The van der Waals surface area contributed by atoms with Crippen molar-refractivity contribution in [1.29, 1.82) is 0 Å². The highest BCUT2D eigenvalue weighted by molar-refractivity contribution is 7.80. The van der Waals surface area contributed by atoms with Gasteiger partial charge >= 0.3 is 0 Å². The van der Waals surface area contributed by atoms with Crippen LogP contribution in [-0.4, -0.2) is 19.1 Å². The molecule has 1 rings (SSSR count). The molecule has 1 N–H and O–H groups in total. The molecule has 0 aliphatic rings. The van der Waals surface area contributed by atoms with Gasteiger partial charge in [-0.15, -0.1) is 0 Å². The van der Waals surface area contributed by atoms with Gasteiger partial charge in [0.1, 0.15) is 10.7 Å². The van der Waals surface area contributed by atoms with Crippen LogP contribution in [0.4, 0.5) is 0 Å². The lowest BCUT2D eigenvalue weighted by Gasteiger charge is -2.12. The number of methoxy groups -OCH3 is 1. The lowest BCUT2D eigenvalue weighted by molar-refractivity contribution is 0.413. The Morgan fingerprint density at radius 3 is 2.53 bits per heavy atom. The Morgan fingerprint density at radius 1 is 1.40 bits per heavy atom. The van der Waals surface area contributed by atoms with E-state index < -0.39 is 0 Å². The topological polar surface area (TPSA) is 21.3 Å². The van der Waals surface area contributed by atoms with Crippen LogP contribution in [0.2, 0.25) is 0 Å². The van der Waals surface area contributed by atoms with Crippen molar-refractivity contribution in [3.8, 4) is 5.75 Å². The molecule has 82 valence electrons. The van der Waals surface area contributed by atoms with Crippen LogP contribution < -0.4 is 10.1 Å². The van der Waals surface area contributed by atoms with Crippen molar-refractivity contribution < 1.29 is 4.74 Å². The van der Waals surface area contributed by atoms with Gasteiger partial charge in [0.05, 0.1) is 12.7 Å². The SMILES string of the molecule is CNC(=S)c1ccc(C(C)C)cc1OC. The third-order valence-corrected chi connectivity index (χ3v) is 2.79. The number of ether oxygens (including phenoxy) is 1. The maximum atomic E-state index is 5.33. The lowest BCUT2D eigenvalue weighted by atomic mass is 10.0. The predicted molar refractivity (Wildman–Crippen MR) is 67.8 cm³/mol. The summed E-state index contributed by atoms with van der Waals surface area (Å²) in [6.45, 7) is 4.32. The molecule has 3 heteroatoms. The minimum Gasteiger partial charge on any atom is -0.496 e. The molecule has 0 fully saturated rings. The molecule has 0 bridgehead atoms. The summed E-state index contributed by atoms with van der Waals surface area (Å²) in [4.78, 5) is 0.710. The van der Waals surface area contributed by atoms with E-state index in [4.69, 9.17) is 17.0 Å². The molecular formula is C12H17NOS. The zero-order chi connectivity index (χ0) is 11.4. The van der Waals surface area contributed by atoms with Crippen molar-refractivity contribution in [2.45, 2.75) is 19.8 Å². The first-order valence-electron chi connectivity index (χ1n) is 5.00. The van der Waals surface area contributed by atoms with Crippen LogP contribution in [-0.2, 0) is 0 Å². The lowest BCUT2D eigenvalue weighted by Crippen LogP contribution is -2.17. The zero-order valence-electron chi connectivity index (χ0n) is 9.63. The van der Waals surface area contributed by atoms with Gasteiger partial charge in [0.2, 0.25) is 0 Å². The van der Waals surface area contributed by atoms with E-state index >= 15 is 0 Å². The van der Waals surface area contributed by atoms with E-state index in [1.165, 1.54) is 5.56 Å². The summed E-state index contributed by atoms with van der Waals surface area (Å²) in [6.07, 6.45) is 0. The van der Waals surface area contributed by atoms with Crippen LogP contribution in [0.1, 0.15) is 30.9 Å². The van der Waals surface area contributed by atoms with Crippen LogP contribution in [0.3, 0.4) is 0 Å². The molecule has 0 spiro atoms. The van der Waals surface area contributed by atoms with Crippen molar-refractivity contribution in [2.24, 2.45) is 0 Å². The first kappa shape index (κ1) is 12.0. The summed E-state index contributed by atoms with van der Waals surface area (Å²) in [5.74, 6) is 1.33. The molecule has 0 aliphatic heterocycles. The van der Waals surface area contributed by atoms with Gasteiger partial charge in [-0.05, 0) is 23.6 Å². The maximum Gasteiger partial charge on any atom is 0.129 e. The second-order valence-electron chi connectivity index (χ2n) is 3.69. The molecular weight excluding hydrogens is 206 g/mol. The largest absolute Gasteiger partial charge is 0.496 e. The van der Waals surface area contributed by atoms with E-state index in [0.29, 0.717) is 10.9 Å². The Bertz CT molecular complexity index is 361. The van der Waals surface area contributed by atoms with Crippen molar-refractivity contribution in [2.75, 3.05) is 14.2 Å². The number of hydrogen-bond acceptors (Lipinski definition) is 2. The Kier molecular flexibility index (Phi) is 4.09. The van der Waals surface area contributed by atoms with Gasteiger partial charge in [-0.25, -0.2) is 0 Å². The summed E-state index contributed by atoms with van der Waals surface area (Å²) in [6, 6.07) is 6.14. The number of thiocarbonyl (C=S) groups is 1. The molecule has 0 heterocycles. The van der Waals surface area contributed by atoms with Gasteiger partial charge in [0.25, 0.3) is 0 Å². The summed E-state index contributed by atoms with van der Waals surface area (Å²) in [7, 11) is 3.49. The van der Waals surface area contributed by atoms with E-state index in [2.05, 4.69) is 25.2 Å². The fourth-order valence-electron chi connectivity index (χ4n) is 1.39. The van der Waals surface area contributed by atoms with Crippen molar-refractivity contribution >= 4 is 17.2 Å². The molecule has 0 radical (unpaired) electrons. The highest BCUT2D eigenvalue weighted by atomic mass is 32.1. The van der Waals surface area contributed by atoms with Crippen LogP contribution in [0.25, 0.3) is 0 Å². The molecule has 0 unspecified atom stereocenters. The minimum absolute atomic E-state index is 0.496. The number of hydrogen-bond donors (Lipinski definition) is 1. The molecule has 0 saturated heterocycles. The Balaban J connectivity index is 3.15. The molecule has 15 heavy (non-hydrogen) atoms. The van der Waals surface area contributed by atoms with Crippen LogP contribution in [0.5, 0.6) is 5.75 Å². The zero-order valence-corrected chi connectivity index (χ0v) is 10.4. The molecule has 1 aromatic rings. The second-order valence-corrected chi connectivity index (χ2v) is 4.10. The van der Waals surface area contributed by atoms with Gasteiger partial charge in [-0.2, -0.15) is 0 Å². The van der Waals surface area contributed by atoms with E-state index in [9.17, 15) is 0 Å². The smallest absolute Gasteiger partial charge is 0.129 e. The molecule has 0 saturated carbocycles.